The van der Waals surface area contributed by atoms with Gasteiger partial charge in [0.05, 0.1) is 13.2 Å². The average molecular weight is 313 g/mol. The summed E-state index contributed by atoms with van der Waals surface area (Å²) < 4.78 is 5.51. The number of hydrogen-bond donors (Lipinski definition) is 2. The highest BCUT2D eigenvalue weighted by molar-refractivity contribution is 8.07. The third-order valence-electron chi connectivity index (χ3n) is 3.85. The Bertz CT molecular complexity index is 455. The van der Waals surface area contributed by atoms with Gasteiger partial charge in [0.1, 0.15) is 5.75 Å². The number of thioether (sulfide) groups is 2. The van der Waals surface area contributed by atoms with E-state index in [2.05, 4.69) is 38.3 Å². The predicted octanol–water partition coefficient (Wildman–Crippen LogP) is 3.13. The zero-order valence-electron chi connectivity index (χ0n) is 12.6. The lowest BCUT2D eigenvalue weighted by atomic mass is 10.0. The van der Waals surface area contributed by atoms with E-state index < -0.39 is 0 Å². The van der Waals surface area contributed by atoms with Crippen LogP contribution >= 0.6 is 23.5 Å². The monoisotopic (exact) mass is 312 g/mol. The molecular formula is C15H24N2OS2. The Morgan fingerprint density at radius 2 is 2.10 bits per heavy atom. The van der Waals surface area contributed by atoms with Gasteiger partial charge in [-0.2, -0.15) is 23.5 Å². The first kappa shape index (κ1) is 16.0. The van der Waals surface area contributed by atoms with Crippen LogP contribution in [0.25, 0.3) is 0 Å². The van der Waals surface area contributed by atoms with E-state index in [4.69, 9.17) is 10.6 Å². The van der Waals surface area contributed by atoms with Crippen molar-refractivity contribution in [1.29, 1.82) is 0 Å². The van der Waals surface area contributed by atoms with Crippen LogP contribution in [0.15, 0.2) is 18.2 Å². The van der Waals surface area contributed by atoms with Crippen molar-refractivity contribution >= 4 is 23.5 Å². The van der Waals surface area contributed by atoms with E-state index in [0.717, 1.165) is 17.1 Å². The van der Waals surface area contributed by atoms with Crippen LogP contribution < -0.4 is 16.0 Å². The van der Waals surface area contributed by atoms with Crippen LogP contribution in [0.3, 0.4) is 0 Å². The average Bonchev–Trinajstić information content (AvgIpc) is 2.44. The molecule has 1 aliphatic rings. The molecule has 3 N–H and O–H groups in total. The number of aryl methyl sites for hydroxylation is 1. The Morgan fingerprint density at radius 3 is 2.70 bits per heavy atom. The molecule has 5 heteroatoms. The van der Waals surface area contributed by atoms with Gasteiger partial charge < -0.3 is 4.74 Å². The van der Waals surface area contributed by atoms with E-state index in [0.29, 0.717) is 15.7 Å². The van der Waals surface area contributed by atoms with Gasteiger partial charge in [-0.05, 0) is 13.0 Å². The maximum atomic E-state index is 5.86. The molecule has 1 fully saturated rings. The minimum atomic E-state index is 0.122. The topological polar surface area (TPSA) is 47.3 Å². The second-order valence-electron chi connectivity index (χ2n) is 5.31. The summed E-state index contributed by atoms with van der Waals surface area (Å²) in [5, 5.41) is 1.81. The quantitative estimate of drug-likeness (QED) is 0.661. The smallest absolute Gasteiger partial charge is 0.123 e. The van der Waals surface area contributed by atoms with Gasteiger partial charge in [-0.15, -0.1) is 0 Å². The highest BCUT2D eigenvalue weighted by Crippen LogP contribution is 2.42. The predicted molar refractivity (Wildman–Crippen MR) is 90.6 cm³/mol. The zero-order valence-corrected chi connectivity index (χ0v) is 14.2. The van der Waals surface area contributed by atoms with Crippen molar-refractivity contribution in [3.63, 3.8) is 0 Å². The van der Waals surface area contributed by atoms with E-state index in [1.807, 2.05) is 29.6 Å². The number of nitrogens with one attached hydrogen (secondary N) is 1. The SMILES string of the molecule is COc1ccc(C)cc1C(NN)C1CSC(C)C(C)S1. The molecule has 1 saturated heterocycles. The molecule has 1 aliphatic heterocycles. The van der Waals surface area contributed by atoms with Crippen molar-refractivity contribution in [2.75, 3.05) is 12.9 Å². The lowest BCUT2D eigenvalue weighted by Crippen LogP contribution is -2.40. The maximum absolute atomic E-state index is 5.86. The zero-order chi connectivity index (χ0) is 14.7. The van der Waals surface area contributed by atoms with Crippen molar-refractivity contribution in [2.45, 2.75) is 42.6 Å². The van der Waals surface area contributed by atoms with E-state index in [1.54, 1.807) is 7.11 Å². The molecule has 2 rings (SSSR count). The molecule has 4 atom stereocenters. The Balaban J connectivity index is 2.26. The van der Waals surface area contributed by atoms with E-state index >= 15 is 0 Å². The molecule has 3 nitrogen and oxygen atoms in total. The van der Waals surface area contributed by atoms with E-state index in [9.17, 15) is 0 Å². The number of hydrazine groups is 1. The number of nitrogens with two attached hydrogens (primary N) is 1. The first-order chi connectivity index (χ1) is 9.56. The van der Waals surface area contributed by atoms with Gasteiger partial charge in [-0.1, -0.05) is 31.5 Å². The standard InChI is InChI=1S/C15H24N2OS2/c1-9-5-6-13(18-4)12(7-9)15(17-16)14-8-19-10(2)11(3)20-14/h5-7,10-11,14-15,17H,8,16H2,1-4H3. The number of ether oxygens (including phenoxy) is 1. The molecule has 0 saturated carbocycles. The highest BCUT2D eigenvalue weighted by Gasteiger charge is 2.32. The van der Waals surface area contributed by atoms with Crippen LogP contribution in [0.1, 0.15) is 31.0 Å². The van der Waals surface area contributed by atoms with E-state index in [1.165, 1.54) is 5.56 Å². The van der Waals surface area contributed by atoms with Crippen LogP contribution in [0, 0.1) is 6.92 Å². The molecule has 112 valence electrons. The number of hydrogen-bond acceptors (Lipinski definition) is 5. The molecule has 0 aromatic heterocycles. The molecule has 20 heavy (non-hydrogen) atoms. The lowest BCUT2D eigenvalue weighted by molar-refractivity contribution is 0.399. The first-order valence-electron chi connectivity index (χ1n) is 6.94. The molecule has 0 amide bonds. The second kappa shape index (κ2) is 7.07. The molecule has 1 heterocycles. The third kappa shape index (κ3) is 3.45. The summed E-state index contributed by atoms with van der Waals surface area (Å²) >= 11 is 4.06. The summed E-state index contributed by atoms with van der Waals surface area (Å²) in [6.07, 6.45) is 0. The van der Waals surface area contributed by atoms with Crippen molar-refractivity contribution in [2.24, 2.45) is 5.84 Å². The summed E-state index contributed by atoms with van der Waals surface area (Å²) in [7, 11) is 1.72. The molecule has 0 radical (unpaired) electrons. The Labute approximate surface area is 130 Å². The maximum Gasteiger partial charge on any atom is 0.123 e. The minimum absolute atomic E-state index is 0.122. The molecule has 0 spiro atoms. The van der Waals surface area contributed by atoms with Crippen LogP contribution in [0.4, 0.5) is 0 Å². The van der Waals surface area contributed by atoms with Gasteiger partial charge in [0, 0.05) is 27.1 Å². The second-order valence-corrected chi connectivity index (χ2v) is 8.34. The fourth-order valence-corrected chi connectivity index (χ4v) is 5.57. The number of benzene rings is 1. The molecular weight excluding hydrogens is 288 g/mol. The normalized spacial score (nSPS) is 28.1. The number of rotatable bonds is 4. The molecule has 1 aromatic rings. The Hall–Kier alpha value is -0.360. The van der Waals surface area contributed by atoms with Gasteiger partial charge in [0.2, 0.25) is 0 Å². The minimum Gasteiger partial charge on any atom is -0.496 e. The molecule has 1 aromatic carbocycles. The third-order valence-corrected chi connectivity index (χ3v) is 7.34. The summed E-state index contributed by atoms with van der Waals surface area (Å²) in [6, 6.07) is 6.40. The van der Waals surface area contributed by atoms with Crippen LogP contribution in [-0.4, -0.2) is 28.6 Å². The van der Waals surface area contributed by atoms with Gasteiger partial charge in [-0.25, -0.2) is 0 Å². The number of methoxy groups -OCH3 is 1. The van der Waals surface area contributed by atoms with Crippen molar-refractivity contribution < 1.29 is 4.74 Å². The van der Waals surface area contributed by atoms with E-state index in [-0.39, 0.29) is 6.04 Å². The van der Waals surface area contributed by atoms with Crippen LogP contribution in [0.5, 0.6) is 5.75 Å². The lowest BCUT2D eigenvalue weighted by Gasteiger charge is -2.36. The van der Waals surface area contributed by atoms with Gasteiger partial charge in [0.15, 0.2) is 0 Å². The fraction of sp³-hybridized carbons (Fsp3) is 0.600. The summed E-state index contributed by atoms with van der Waals surface area (Å²) in [5.74, 6) is 7.89. The Morgan fingerprint density at radius 1 is 1.35 bits per heavy atom. The van der Waals surface area contributed by atoms with Crippen LogP contribution in [0.2, 0.25) is 0 Å². The van der Waals surface area contributed by atoms with Crippen molar-refractivity contribution in [3.8, 4) is 5.75 Å². The van der Waals surface area contributed by atoms with Crippen molar-refractivity contribution in [1.82, 2.24) is 5.43 Å². The Kier molecular flexibility index (Phi) is 5.66. The summed E-state index contributed by atoms with van der Waals surface area (Å²) in [5.41, 5.74) is 5.41. The highest BCUT2D eigenvalue weighted by atomic mass is 32.2. The largest absolute Gasteiger partial charge is 0.496 e. The van der Waals surface area contributed by atoms with Crippen molar-refractivity contribution in [3.05, 3.63) is 29.3 Å². The van der Waals surface area contributed by atoms with Gasteiger partial charge in [0.25, 0.3) is 0 Å². The van der Waals surface area contributed by atoms with Gasteiger partial charge in [-0.3, -0.25) is 11.3 Å². The first-order valence-corrected chi connectivity index (χ1v) is 8.93. The molecule has 4 unspecified atom stereocenters. The summed E-state index contributed by atoms with van der Waals surface area (Å²) in [6.45, 7) is 6.70. The fourth-order valence-electron chi connectivity index (χ4n) is 2.48. The molecule has 0 bridgehead atoms. The molecule has 0 aliphatic carbocycles. The van der Waals surface area contributed by atoms with Crippen LogP contribution in [-0.2, 0) is 0 Å². The van der Waals surface area contributed by atoms with Gasteiger partial charge >= 0.3 is 0 Å². The summed E-state index contributed by atoms with van der Waals surface area (Å²) in [4.78, 5) is 0.